The third-order valence-electron chi connectivity index (χ3n) is 5.71. The quantitative estimate of drug-likeness (QED) is 0.535. The number of hydrogen-bond acceptors (Lipinski definition) is 2. The summed E-state index contributed by atoms with van der Waals surface area (Å²) < 4.78 is 3.20. The highest BCUT2D eigenvalue weighted by Crippen LogP contribution is 2.28. The molecule has 1 aliphatic rings. The van der Waals surface area contributed by atoms with E-state index in [1.54, 1.807) is 0 Å². The molecule has 2 aromatic carbocycles. The van der Waals surface area contributed by atoms with Gasteiger partial charge in [0.05, 0.1) is 17.6 Å². The molecule has 1 fully saturated rings. The lowest BCUT2D eigenvalue weighted by atomic mass is 9.87. The number of rotatable bonds is 6. The maximum atomic E-state index is 12.5. The zero-order chi connectivity index (χ0) is 19.3. The number of benzene rings is 2. The van der Waals surface area contributed by atoms with Gasteiger partial charge in [-0.25, -0.2) is 4.98 Å². The fourth-order valence-electron chi connectivity index (χ4n) is 4.19. The number of para-hydroxylation sites is 2. The highest BCUT2D eigenvalue weighted by molar-refractivity contribution is 9.10. The van der Waals surface area contributed by atoms with E-state index in [1.807, 2.05) is 36.4 Å². The van der Waals surface area contributed by atoms with Gasteiger partial charge in [-0.3, -0.25) is 4.79 Å². The summed E-state index contributed by atoms with van der Waals surface area (Å²) in [4.78, 5) is 17.3. The number of imidazole rings is 1. The summed E-state index contributed by atoms with van der Waals surface area (Å²) in [6.07, 6.45) is 8.00. The number of hydrogen-bond donors (Lipinski definition) is 1. The van der Waals surface area contributed by atoms with E-state index in [-0.39, 0.29) is 5.91 Å². The SMILES string of the molecule is O=C(NCc1nc2ccccc2n1CCC1CCCCC1)c1cccc(Br)c1. The first-order valence-corrected chi connectivity index (χ1v) is 11.0. The van der Waals surface area contributed by atoms with Crippen LogP contribution >= 0.6 is 15.9 Å². The summed E-state index contributed by atoms with van der Waals surface area (Å²) in [5.41, 5.74) is 2.81. The van der Waals surface area contributed by atoms with E-state index in [0.29, 0.717) is 12.1 Å². The van der Waals surface area contributed by atoms with Crippen molar-refractivity contribution in [3.63, 3.8) is 0 Å². The molecule has 1 N–H and O–H groups in total. The lowest BCUT2D eigenvalue weighted by Crippen LogP contribution is -2.25. The van der Waals surface area contributed by atoms with Gasteiger partial charge < -0.3 is 9.88 Å². The molecule has 1 amide bonds. The molecule has 4 rings (SSSR count). The molecular formula is C23H26BrN3O. The summed E-state index contributed by atoms with van der Waals surface area (Å²) in [7, 11) is 0. The van der Waals surface area contributed by atoms with E-state index in [1.165, 1.54) is 38.5 Å². The average molecular weight is 440 g/mol. The summed E-state index contributed by atoms with van der Waals surface area (Å²) in [5.74, 6) is 1.67. The number of amides is 1. The molecule has 28 heavy (non-hydrogen) atoms. The number of carbonyl (C=O) groups is 1. The van der Waals surface area contributed by atoms with Gasteiger partial charge >= 0.3 is 0 Å². The van der Waals surface area contributed by atoms with Crippen LogP contribution in [-0.2, 0) is 13.1 Å². The molecule has 0 unspecified atom stereocenters. The molecule has 1 heterocycles. The van der Waals surface area contributed by atoms with Gasteiger partial charge in [-0.2, -0.15) is 0 Å². The van der Waals surface area contributed by atoms with Crippen LogP contribution < -0.4 is 5.32 Å². The minimum atomic E-state index is -0.0767. The molecule has 0 bridgehead atoms. The van der Waals surface area contributed by atoms with Crippen LogP contribution in [-0.4, -0.2) is 15.5 Å². The molecule has 0 spiro atoms. The van der Waals surface area contributed by atoms with Crippen molar-refractivity contribution >= 4 is 32.9 Å². The monoisotopic (exact) mass is 439 g/mol. The minimum Gasteiger partial charge on any atom is -0.345 e. The van der Waals surface area contributed by atoms with Gasteiger partial charge in [-0.05, 0) is 42.7 Å². The first kappa shape index (κ1) is 19.2. The summed E-state index contributed by atoms with van der Waals surface area (Å²) in [6, 6.07) is 15.7. The topological polar surface area (TPSA) is 46.9 Å². The second-order valence-corrected chi connectivity index (χ2v) is 8.57. The van der Waals surface area contributed by atoms with Crippen molar-refractivity contribution in [2.24, 2.45) is 5.92 Å². The van der Waals surface area contributed by atoms with Gasteiger partial charge in [0, 0.05) is 16.6 Å². The van der Waals surface area contributed by atoms with E-state index < -0.39 is 0 Å². The highest BCUT2D eigenvalue weighted by Gasteiger charge is 2.16. The van der Waals surface area contributed by atoms with Crippen LogP contribution in [0.1, 0.15) is 54.7 Å². The maximum absolute atomic E-state index is 12.5. The van der Waals surface area contributed by atoms with Gasteiger partial charge in [0.25, 0.3) is 5.91 Å². The maximum Gasteiger partial charge on any atom is 0.251 e. The molecule has 4 nitrogen and oxygen atoms in total. The Hall–Kier alpha value is -2.14. The number of halogens is 1. The fourth-order valence-corrected chi connectivity index (χ4v) is 4.59. The van der Waals surface area contributed by atoms with E-state index >= 15 is 0 Å². The molecule has 146 valence electrons. The van der Waals surface area contributed by atoms with E-state index in [4.69, 9.17) is 4.98 Å². The van der Waals surface area contributed by atoms with Crippen molar-refractivity contribution in [1.29, 1.82) is 0 Å². The smallest absolute Gasteiger partial charge is 0.251 e. The van der Waals surface area contributed by atoms with Gasteiger partial charge in [-0.1, -0.05) is 66.2 Å². The van der Waals surface area contributed by atoms with Crippen LogP contribution in [0.15, 0.2) is 53.0 Å². The van der Waals surface area contributed by atoms with Crippen molar-refractivity contribution in [2.75, 3.05) is 0 Å². The molecular weight excluding hydrogens is 414 g/mol. The predicted molar refractivity (Wildman–Crippen MR) is 116 cm³/mol. The number of aryl methyl sites for hydroxylation is 1. The highest BCUT2D eigenvalue weighted by atomic mass is 79.9. The van der Waals surface area contributed by atoms with Crippen molar-refractivity contribution in [3.8, 4) is 0 Å². The van der Waals surface area contributed by atoms with Crippen LogP contribution in [0.5, 0.6) is 0 Å². The van der Waals surface area contributed by atoms with Crippen LogP contribution in [0.4, 0.5) is 0 Å². The van der Waals surface area contributed by atoms with Gasteiger partial charge in [0.1, 0.15) is 5.82 Å². The lowest BCUT2D eigenvalue weighted by molar-refractivity contribution is 0.0949. The predicted octanol–water partition coefficient (Wildman–Crippen LogP) is 5.70. The number of carbonyl (C=O) groups excluding carboxylic acids is 1. The standard InChI is InChI=1S/C23H26BrN3O/c24-19-10-6-9-18(15-19)23(28)25-16-22-26-20-11-4-5-12-21(20)27(22)14-13-17-7-2-1-3-8-17/h4-6,9-12,15,17H,1-3,7-8,13-14,16H2,(H,25,28). The largest absolute Gasteiger partial charge is 0.345 e. The molecule has 3 aromatic rings. The van der Waals surface area contributed by atoms with Gasteiger partial charge in [0.2, 0.25) is 0 Å². The van der Waals surface area contributed by atoms with E-state index in [0.717, 1.165) is 33.8 Å². The fraction of sp³-hybridized carbons (Fsp3) is 0.391. The molecule has 1 aliphatic carbocycles. The minimum absolute atomic E-state index is 0.0767. The van der Waals surface area contributed by atoms with Crippen LogP contribution in [0, 0.1) is 5.92 Å². The number of fused-ring (bicyclic) bond motifs is 1. The second kappa shape index (κ2) is 8.91. The Morgan fingerprint density at radius 3 is 2.75 bits per heavy atom. The molecule has 1 saturated carbocycles. The third-order valence-corrected chi connectivity index (χ3v) is 6.21. The van der Waals surface area contributed by atoms with Crippen molar-refractivity contribution in [1.82, 2.24) is 14.9 Å². The zero-order valence-electron chi connectivity index (χ0n) is 16.0. The Morgan fingerprint density at radius 1 is 1.11 bits per heavy atom. The Bertz CT molecular complexity index is 959. The molecule has 0 aliphatic heterocycles. The molecule has 5 heteroatoms. The molecule has 0 saturated heterocycles. The molecule has 1 aromatic heterocycles. The lowest BCUT2D eigenvalue weighted by Gasteiger charge is -2.22. The van der Waals surface area contributed by atoms with Crippen molar-refractivity contribution in [2.45, 2.75) is 51.6 Å². The van der Waals surface area contributed by atoms with Gasteiger partial charge in [-0.15, -0.1) is 0 Å². The summed E-state index contributed by atoms with van der Waals surface area (Å²) in [6.45, 7) is 1.40. The zero-order valence-corrected chi connectivity index (χ0v) is 17.6. The third kappa shape index (κ3) is 4.46. The summed E-state index contributed by atoms with van der Waals surface area (Å²) >= 11 is 3.42. The Labute approximate surface area is 174 Å². The number of nitrogens with one attached hydrogen (secondary N) is 1. The first-order valence-electron chi connectivity index (χ1n) is 10.2. The molecule has 0 atom stereocenters. The van der Waals surface area contributed by atoms with Crippen molar-refractivity contribution < 1.29 is 4.79 Å². The van der Waals surface area contributed by atoms with Crippen molar-refractivity contribution in [3.05, 3.63) is 64.4 Å². The van der Waals surface area contributed by atoms with Crippen LogP contribution in [0.25, 0.3) is 11.0 Å². The Balaban J connectivity index is 1.50. The Morgan fingerprint density at radius 2 is 1.93 bits per heavy atom. The number of nitrogens with zero attached hydrogens (tertiary/aromatic N) is 2. The average Bonchev–Trinajstić information content (AvgIpc) is 3.08. The second-order valence-electron chi connectivity index (χ2n) is 7.65. The Kier molecular flexibility index (Phi) is 6.10. The van der Waals surface area contributed by atoms with Gasteiger partial charge in [0.15, 0.2) is 0 Å². The summed E-state index contributed by atoms with van der Waals surface area (Å²) in [5, 5.41) is 3.04. The normalized spacial score (nSPS) is 15.0. The van der Waals surface area contributed by atoms with Crippen LogP contribution in [0.3, 0.4) is 0 Å². The first-order chi connectivity index (χ1) is 13.7. The van der Waals surface area contributed by atoms with Crippen LogP contribution in [0.2, 0.25) is 0 Å². The number of aromatic nitrogens is 2. The van der Waals surface area contributed by atoms with E-state index in [2.05, 4.69) is 37.9 Å². The molecule has 0 radical (unpaired) electrons. The van der Waals surface area contributed by atoms with E-state index in [9.17, 15) is 4.79 Å².